The van der Waals surface area contributed by atoms with Crippen LogP contribution in [0.5, 0.6) is 0 Å². The van der Waals surface area contributed by atoms with Crippen LogP contribution in [0.1, 0.15) is 20.8 Å². The van der Waals surface area contributed by atoms with Gasteiger partial charge in [0.25, 0.3) is 0 Å². The normalized spacial score (nSPS) is 13.1. The van der Waals surface area contributed by atoms with Gasteiger partial charge in [-0.1, -0.05) is 13.8 Å². The van der Waals surface area contributed by atoms with E-state index in [1.54, 1.807) is 20.8 Å². The maximum absolute atomic E-state index is 11.5. The number of amides is 1. The quantitative estimate of drug-likeness (QED) is 0.632. The van der Waals surface area contributed by atoms with Crippen molar-refractivity contribution in [2.75, 3.05) is 19.7 Å². The molecule has 0 bridgehead atoms. The van der Waals surface area contributed by atoms with Crippen molar-refractivity contribution >= 4 is 5.91 Å². The zero-order valence-electron chi connectivity index (χ0n) is 8.53. The number of hydrogen-bond donors (Lipinski definition) is 2. The molecule has 1 atom stereocenters. The van der Waals surface area contributed by atoms with Gasteiger partial charge in [-0.25, -0.2) is 0 Å². The Kier molecular flexibility index (Phi) is 5.66. The second-order valence-corrected chi connectivity index (χ2v) is 3.51. The zero-order valence-corrected chi connectivity index (χ0v) is 8.53. The average molecular weight is 189 g/mol. The smallest absolute Gasteiger partial charge is 0.225 e. The van der Waals surface area contributed by atoms with E-state index in [2.05, 4.69) is 0 Å². The third-order valence-corrected chi connectivity index (χ3v) is 1.66. The summed E-state index contributed by atoms with van der Waals surface area (Å²) in [4.78, 5) is 13.0. The van der Waals surface area contributed by atoms with Crippen LogP contribution in [0.3, 0.4) is 0 Å². The van der Waals surface area contributed by atoms with Crippen LogP contribution in [0.15, 0.2) is 0 Å². The summed E-state index contributed by atoms with van der Waals surface area (Å²) in [5.41, 5.74) is 0. The van der Waals surface area contributed by atoms with Crippen molar-refractivity contribution in [2.24, 2.45) is 5.92 Å². The summed E-state index contributed by atoms with van der Waals surface area (Å²) in [5.74, 6) is -0.125. The van der Waals surface area contributed by atoms with Crippen LogP contribution >= 0.6 is 0 Å². The van der Waals surface area contributed by atoms with Crippen LogP contribution < -0.4 is 0 Å². The molecule has 0 aliphatic heterocycles. The SMILES string of the molecule is CC(O)CN(CCO)C(=O)C(C)C. The minimum absolute atomic E-state index is 0.0325. The molecule has 0 aromatic heterocycles. The molecule has 4 heteroatoms. The molecule has 0 aromatic rings. The van der Waals surface area contributed by atoms with Crippen molar-refractivity contribution < 1.29 is 15.0 Å². The van der Waals surface area contributed by atoms with E-state index < -0.39 is 6.10 Å². The molecule has 1 amide bonds. The summed E-state index contributed by atoms with van der Waals surface area (Å²) in [6.45, 7) is 5.74. The van der Waals surface area contributed by atoms with Gasteiger partial charge >= 0.3 is 0 Å². The van der Waals surface area contributed by atoms with Crippen molar-refractivity contribution in [1.29, 1.82) is 0 Å². The molecular weight excluding hydrogens is 170 g/mol. The lowest BCUT2D eigenvalue weighted by Gasteiger charge is -2.24. The highest BCUT2D eigenvalue weighted by molar-refractivity contribution is 5.78. The second kappa shape index (κ2) is 5.94. The standard InChI is InChI=1S/C9H19NO3/c1-7(2)9(13)10(4-5-11)6-8(3)12/h7-8,11-12H,4-6H2,1-3H3. The number of hydrogen-bond acceptors (Lipinski definition) is 3. The van der Waals surface area contributed by atoms with Gasteiger partial charge in [-0.15, -0.1) is 0 Å². The van der Waals surface area contributed by atoms with Crippen LogP contribution in [-0.4, -0.2) is 46.8 Å². The highest BCUT2D eigenvalue weighted by atomic mass is 16.3. The number of carbonyl (C=O) groups excluding carboxylic acids is 1. The molecular formula is C9H19NO3. The first-order valence-corrected chi connectivity index (χ1v) is 4.56. The van der Waals surface area contributed by atoms with E-state index in [1.165, 1.54) is 4.90 Å². The van der Waals surface area contributed by atoms with Crippen LogP contribution in [0, 0.1) is 5.92 Å². The Labute approximate surface area is 79.2 Å². The molecule has 13 heavy (non-hydrogen) atoms. The molecule has 1 unspecified atom stereocenters. The Morgan fingerprint density at radius 3 is 2.23 bits per heavy atom. The number of aliphatic hydroxyl groups excluding tert-OH is 2. The predicted molar refractivity (Wildman–Crippen MR) is 50.2 cm³/mol. The predicted octanol–water partition coefficient (Wildman–Crippen LogP) is -0.156. The molecule has 78 valence electrons. The van der Waals surface area contributed by atoms with E-state index in [0.717, 1.165) is 0 Å². The van der Waals surface area contributed by atoms with E-state index in [4.69, 9.17) is 10.2 Å². The number of carbonyl (C=O) groups is 1. The topological polar surface area (TPSA) is 60.8 Å². The fraction of sp³-hybridized carbons (Fsp3) is 0.889. The van der Waals surface area contributed by atoms with Gasteiger partial charge in [-0.05, 0) is 6.92 Å². The van der Waals surface area contributed by atoms with E-state index >= 15 is 0 Å². The van der Waals surface area contributed by atoms with Gasteiger partial charge in [-0.2, -0.15) is 0 Å². The summed E-state index contributed by atoms with van der Waals surface area (Å²) in [7, 11) is 0. The summed E-state index contributed by atoms with van der Waals surface area (Å²) >= 11 is 0. The van der Waals surface area contributed by atoms with Crippen LogP contribution in [0.4, 0.5) is 0 Å². The Hall–Kier alpha value is -0.610. The van der Waals surface area contributed by atoms with Crippen molar-refractivity contribution in [2.45, 2.75) is 26.9 Å². The molecule has 0 saturated carbocycles. The molecule has 0 fully saturated rings. The fourth-order valence-corrected chi connectivity index (χ4v) is 1.10. The van der Waals surface area contributed by atoms with Gasteiger partial charge < -0.3 is 15.1 Å². The third-order valence-electron chi connectivity index (χ3n) is 1.66. The van der Waals surface area contributed by atoms with Crippen LogP contribution in [0.2, 0.25) is 0 Å². The van der Waals surface area contributed by atoms with E-state index in [9.17, 15) is 4.79 Å². The fourth-order valence-electron chi connectivity index (χ4n) is 1.10. The first-order chi connectivity index (χ1) is 5.99. The van der Waals surface area contributed by atoms with Gasteiger partial charge in [0.05, 0.1) is 12.7 Å². The van der Waals surface area contributed by atoms with Crippen molar-refractivity contribution in [3.63, 3.8) is 0 Å². The lowest BCUT2D eigenvalue weighted by atomic mass is 10.2. The van der Waals surface area contributed by atoms with E-state index in [-0.39, 0.29) is 25.0 Å². The van der Waals surface area contributed by atoms with Crippen molar-refractivity contribution in [1.82, 2.24) is 4.90 Å². The van der Waals surface area contributed by atoms with Gasteiger partial charge in [0.15, 0.2) is 0 Å². The molecule has 0 saturated heterocycles. The molecule has 0 radical (unpaired) electrons. The van der Waals surface area contributed by atoms with Crippen LogP contribution in [0.25, 0.3) is 0 Å². The lowest BCUT2D eigenvalue weighted by molar-refractivity contribution is -0.136. The van der Waals surface area contributed by atoms with Gasteiger partial charge in [-0.3, -0.25) is 4.79 Å². The summed E-state index contributed by atoms with van der Waals surface area (Å²) < 4.78 is 0. The van der Waals surface area contributed by atoms with Crippen molar-refractivity contribution in [3.8, 4) is 0 Å². The average Bonchev–Trinajstić information content (AvgIpc) is 2.01. The second-order valence-electron chi connectivity index (χ2n) is 3.51. The largest absolute Gasteiger partial charge is 0.395 e. The van der Waals surface area contributed by atoms with E-state index in [0.29, 0.717) is 6.54 Å². The Morgan fingerprint density at radius 1 is 1.38 bits per heavy atom. The zero-order chi connectivity index (χ0) is 10.4. The molecule has 2 N–H and O–H groups in total. The summed E-state index contributed by atoms with van der Waals surface area (Å²) in [6, 6.07) is 0. The highest BCUT2D eigenvalue weighted by Gasteiger charge is 2.17. The Balaban J connectivity index is 4.15. The molecule has 0 aromatic carbocycles. The highest BCUT2D eigenvalue weighted by Crippen LogP contribution is 2.02. The lowest BCUT2D eigenvalue weighted by Crippen LogP contribution is -2.40. The number of nitrogens with zero attached hydrogens (tertiary/aromatic N) is 1. The maximum atomic E-state index is 11.5. The summed E-state index contributed by atoms with van der Waals surface area (Å²) in [5, 5.41) is 17.8. The Bertz CT molecular complexity index is 157. The van der Waals surface area contributed by atoms with Gasteiger partial charge in [0.2, 0.25) is 5.91 Å². The molecule has 0 aliphatic rings. The molecule has 0 spiro atoms. The molecule has 0 aliphatic carbocycles. The number of aliphatic hydroxyl groups is 2. The minimum atomic E-state index is -0.547. The first kappa shape index (κ1) is 12.4. The van der Waals surface area contributed by atoms with Crippen LogP contribution in [-0.2, 0) is 4.79 Å². The van der Waals surface area contributed by atoms with Gasteiger partial charge in [0, 0.05) is 19.0 Å². The molecule has 0 heterocycles. The number of rotatable bonds is 5. The minimum Gasteiger partial charge on any atom is -0.395 e. The monoisotopic (exact) mass is 189 g/mol. The Morgan fingerprint density at radius 2 is 1.92 bits per heavy atom. The molecule has 4 nitrogen and oxygen atoms in total. The van der Waals surface area contributed by atoms with Crippen molar-refractivity contribution in [3.05, 3.63) is 0 Å². The summed E-state index contributed by atoms with van der Waals surface area (Å²) in [6.07, 6.45) is -0.547. The first-order valence-electron chi connectivity index (χ1n) is 4.56. The van der Waals surface area contributed by atoms with Gasteiger partial charge in [0.1, 0.15) is 0 Å². The third kappa shape index (κ3) is 4.85. The molecule has 0 rings (SSSR count). The maximum Gasteiger partial charge on any atom is 0.225 e. The van der Waals surface area contributed by atoms with E-state index in [1.807, 2.05) is 0 Å².